The maximum Gasteiger partial charge on any atom is 0.416 e. The summed E-state index contributed by atoms with van der Waals surface area (Å²) in [5, 5.41) is 23.7. The fourth-order valence-electron chi connectivity index (χ4n) is 2.64. The third-order valence-corrected chi connectivity index (χ3v) is 5.30. The molecule has 4 nitrogen and oxygen atoms in total. The van der Waals surface area contributed by atoms with Crippen LogP contribution < -0.4 is 5.32 Å². The number of hydroxylamine groups is 2. The van der Waals surface area contributed by atoms with Crippen LogP contribution in [0.2, 0.25) is 0 Å². The van der Waals surface area contributed by atoms with Gasteiger partial charge in [0.05, 0.1) is 10.0 Å². The van der Waals surface area contributed by atoms with E-state index in [1.807, 2.05) is 30.3 Å². The van der Waals surface area contributed by atoms with Crippen molar-refractivity contribution in [2.24, 2.45) is 0 Å². The van der Waals surface area contributed by atoms with Gasteiger partial charge in [0, 0.05) is 24.4 Å². The molecule has 0 amide bonds. The molecule has 2 rings (SSSR count). The number of rotatable bonds is 8. The molecule has 2 aromatic rings. The van der Waals surface area contributed by atoms with Crippen LogP contribution in [0.15, 0.2) is 58.7 Å². The summed E-state index contributed by atoms with van der Waals surface area (Å²) in [4.78, 5) is 0. The fraction of sp³-hybridized carbons (Fsp3) is 0.300. The lowest BCUT2D eigenvalue weighted by Gasteiger charge is -2.23. The van der Waals surface area contributed by atoms with Crippen LogP contribution in [0.4, 0.5) is 17.6 Å². The van der Waals surface area contributed by atoms with Crippen molar-refractivity contribution in [1.82, 2.24) is 10.4 Å². The molecule has 29 heavy (non-hydrogen) atoms. The van der Waals surface area contributed by atoms with Gasteiger partial charge in [-0.25, -0.2) is 4.39 Å². The molecule has 0 bridgehead atoms. The summed E-state index contributed by atoms with van der Waals surface area (Å²) in [6.07, 6.45) is -5.65. The number of nitrogens with zero attached hydrogens (tertiary/aromatic N) is 1. The van der Waals surface area contributed by atoms with Gasteiger partial charge < -0.3 is 15.6 Å². The molecule has 0 radical (unpaired) electrons. The summed E-state index contributed by atoms with van der Waals surface area (Å²) in [6.45, 7) is 1.18. The number of nitrogens with one attached hydrogen (secondary N) is 1. The molecule has 2 aromatic carbocycles. The number of halogens is 5. The zero-order valence-electron chi connectivity index (χ0n) is 15.5. The fourth-order valence-corrected chi connectivity index (χ4v) is 3.02. The van der Waals surface area contributed by atoms with Crippen molar-refractivity contribution >= 4 is 15.9 Å². The van der Waals surface area contributed by atoms with Gasteiger partial charge in [-0.15, -0.1) is 0 Å². The Bertz CT molecular complexity index is 844. The summed E-state index contributed by atoms with van der Waals surface area (Å²) in [6, 6.07) is 12.1. The van der Waals surface area contributed by atoms with Crippen molar-refractivity contribution in [2.45, 2.75) is 32.3 Å². The molecule has 3 N–H and O–H groups in total. The molecular weight excluding hydrogens is 456 g/mol. The van der Waals surface area contributed by atoms with Gasteiger partial charge in [-0.2, -0.15) is 18.2 Å². The van der Waals surface area contributed by atoms with E-state index in [1.165, 1.54) is 6.92 Å². The molecule has 0 fully saturated rings. The third kappa shape index (κ3) is 6.53. The largest absolute Gasteiger partial charge is 0.416 e. The molecular formula is C20H21BrF4N2O2. The highest BCUT2D eigenvalue weighted by atomic mass is 79.9. The van der Waals surface area contributed by atoms with E-state index >= 15 is 0 Å². The van der Waals surface area contributed by atoms with E-state index in [0.717, 1.165) is 23.8 Å². The van der Waals surface area contributed by atoms with E-state index in [0.29, 0.717) is 11.5 Å². The minimum Gasteiger partial charge on any atom is -0.384 e. The van der Waals surface area contributed by atoms with E-state index in [2.05, 4.69) is 21.2 Å². The Hall–Kier alpha value is -1.94. The topological polar surface area (TPSA) is 55.7 Å². The molecule has 0 aliphatic carbocycles. The highest BCUT2D eigenvalue weighted by Gasteiger charge is 2.34. The number of alkyl halides is 3. The second-order valence-electron chi connectivity index (χ2n) is 6.36. The third-order valence-electron chi connectivity index (χ3n) is 4.29. The smallest absolute Gasteiger partial charge is 0.384 e. The van der Waals surface area contributed by atoms with Gasteiger partial charge in [0.2, 0.25) is 0 Å². The second kappa shape index (κ2) is 10.2. The van der Waals surface area contributed by atoms with Crippen LogP contribution in [0.1, 0.15) is 23.6 Å². The van der Waals surface area contributed by atoms with Crippen LogP contribution in [0.3, 0.4) is 0 Å². The van der Waals surface area contributed by atoms with E-state index in [-0.39, 0.29) is 16.7 Å². The van der Waals surface area contributed by atoms with Crippen LogP contribution >= 0.6 is 15.9 Å². The van der Waals surface area contributed by atoms with Gasteiger partial charge >= 0.3 is 6.18 Å². The van der Waals surface area contributed by atoms with Gasteiger partial charge in [0.1, 0.15) is 5.82 Å². The number of hydrogen-bond acceptors (Lipinski definition) is 4. The van der Waals surface area contributed by atoms with Crippen molar-refractivity contribution in [3.8, 4) is 0 Å². The lowest BCUT2D eigenvalue weighted by atomic mass is 10.1. The number of allylic oxidation sites excluding steroid dienone is 1. The molecule has 1 atom stereocenters. The average Bonchev–Trinajstić information content (AvgIpc) is 2.69. The first-order valence-corrected chi connectivity index (χ1v) is 9.52. The monoisotopic (exact) mass is 476 g/mol. The first-order chi connectivity index (χ1) is 13.6. The minimum absolute atomic E-state index is 0.123. The Morgan fingerprint density at radius 3 is 2.41 bits per heavy atom. The normalized spacial score (nSPS) is 14.0. The van der Waals surface area contributed by atoms with Crippen molar-refractivity contribution in [3.63, 3.8) is 0 Å². The SMILES string of the molecule is C/C(NCc1c(F)cccc1C(F)(F)F)=C(\Br)C(O)N(O)CCc1ccccc1. The number of benzene rings is 2. The predicted molar refractivity (Wildman–Crippen MR) is 105 cm³/mol. The van der Waals surface area contributed by atoms with E-state index in [1.54, 1.807) is 0 Å². The Morgan fingerprint density at radius 1 is 1.14 bits per heavy atom. The summed E-state index contributed by atoms with van der Waals surface area (Å²) in [7, 11) is 0. The lowest BCUT2D eigenvalue weighted by molar-refractivity contribution is -0.177. The van der Waals surface area contributed by atoms with Crippen LogP contribution in [0, 0.1) is 5.82 Å². The summed E-state index contributed by atoms with van der Waals surface area (Å²) in [5.74, 6) is -0.983. The van der Waals surface area contributed by atoms with Crippen LogP contribution in [0.5, 0.6) is 0 Å². The molecule has 9 heteroatoms. The Morgan fingerprint density at radius 2 is 1.79 bits per heavy atom. The molecule has 1 unspecified atom stereocenters. The number of hydrogen-bond donors (Lipinski definition) is 3. The molecule has 0 heterocycles. The van der Waals surface area contributed by atoms with E-state index in [4.69, 9.17) is 0 Å². The van der Waals surface area contributed by atoms with Crippen molar-refractivity contribution in [3.05, 3.63) is 81.2 Å². The molecule has 0 aliphatic rings. The van der Waals surface area contributed by atoms with Crippen LogP contribution in [-0.4, -0.2) is 28.1 Å². The summed E-state index contributed by atoms with van der Waals surface area (Å²) in [5.41, 5.74) is -0.374. The highest BCUT2D eigenvalue weighted by Crippen LogP contribution is 2.33. The molecule has 0 aromatic heterocycles. The average molecular weight is 477 g/mol. The standard InChI is InChI=1S/C20H21BrF4N2O2/c1-13(26-12-15-16(20(23,24)25)8-5-9-17(15)22)18(21)19(28)27(29)11-10-14-6-3-2-4-7-14/h2-9,19,26,28-29H,10-12H2,1H3/b18-13+. The van der Waals surface area contributed by atoms with Crippen molar-refractivity contribution in [1.29, 1.82) is 0 Å². The highest BCUT2D eigenvalue weighted by molar-refractivity contribution is 9.11. The van der Waals surface area contributed by atoms with Gasteiger partial charge in [0.25, 0.3) is 0 Å². The van der Waals surface area contributed by atoms with Crippen molar-refractivity contribution in [2.75, 3.05) is 6.54 Å². The second-order valence-corrected chi connectivity index (χ2v) is 7.22. The zero-order chi connectivity index (χ0) is 21.6. The minimum atomic E-state index is -4.69. The van der Waals surface area contributed by atoms with Crippen molar-refractivity contribution < 1.29 is 27.9 Å². The van der Waals surface area contributed by atoms with E-state index < -0.39 is 35.9 Å². The quantitative estimate of drug-likeness (QED) is 0.290. The molecule has 158 valence electrons. The Kier molecular flexibility index (Phi) is 8.21. The number of aliphatic hydroxyl groups excluding tert-OH is 1. The van der Waals surface area contributed by atoms with Gasteiger partial charge in [-0.3, -0.25) is 0 Å². The molecule has 0 saturated carbocycles. The number of aliphatic hydroxyl groups is 1. The van der Waals surface area contributed by atoms with Crippen LogP contribution in [0.25, 0.3) is 0 Å². The Balaban J connectivity index is 2.04. The van der Waals surface area contributed by atoms with Crippen LogP contribution in [-0.2, 0) is 19.1 Å². The van der Waals surface area contributed by atoms with E-state index in [9.17, 15) is 27.9 Å². The first kappa shape index (κ1) is 23.3. The first-order valence-electron chi connectivity index (χ1n) is 8.73. The molecule has 0 aliphatic heterocycles. The Labute approximate surface area is 174 Å². The maximum atomic E-state index is 13.9. The molecule has 0 spiro atoms. The maximum absolute atomic E-state index is 13.9. The summed E-state index contributed by atoms with van der Waals surface area (Å²) < 4.78 is 53.3. The van der Waals surface area contributed by atoms with Gasteiger partial charge in [-0.05, 0) is 47.0 Å². The van der Waals surface area contributed by atoms with Gasteiger partial charge in [-0.1, -0.05) is 36.4 Å². The predicted octanol–water partition coefficient (Wildman–Crippen LogP) is 4.81. The van der Waals surface area contributed by atoms with Gasteiger partial charge in [0.15, 0.2) is 6.23 Å². The zero-order valence-corrected chi connectivity index (χ0v) is 17.1. The molecule has 0 saturated heterocycles. The lowest BCUT2D eigenvalue weighted by Crippen LogP contribution is -2.35. The summed E-state index contributed by atoms with van der Waals surface area (Å²) >= 11 is 3.14.